The zero-order chi connectivity index (χ0) is 20.9. The van der Waals surface area contributed by atoms with Crippen LogP contribution in [0.3, 0.4) is 0 Å². The fraction of sp³-hybridized carbons (Fsp3) is 0.217. The van der Waals surface area contributed by atoms with Crippen molar-refractivity contribution in [2.45, 2.75) is 32.3 Å². The Balaban J connectivity index is 1.68. The van der Waals surface area contributed by atoms with Gasteiger partial charge in [0.15, 0.2) is 0 Å². The molecule has 1 aliphatic carbocycles. The summed E-state index contributed by atoms with van der Waals surface area (Å²) in [4.78, 5) is 18.8. The van der Waals surface area contributed by atoms with Crippen LogP contribution in [0.15, 0.2) is 59.6 Å². The Kier molecular flexibility index (Phi) is 6.18. The molecule has 0 saturated heterocycles. The Morgan fingerprint density at radius 1 is 1.07 bits per heavy atom. The van der Waals surface area contributed by atoms with Crippen LogP contribution in [0, 0.1) is 0 Å². The highest BCUT2D eigenvalue weighted by Gasteiger charge is 2.25. The summed E-state index contributed by atoms with van der Waals surface area (Å²) < 4.78 is 29.9. The van der Waals surface area contributed by atoms with Gasteiger partial charge in [0.2, 0.25) is 0 Å². The number of hydrogen-bond acceptors (Lipinski definition) is 4. The van der Waals surface area contributed by atoms with E-state index < -0.39 is 6.61 Å². The Morgan fingerprint density at radius 3 is 2.60 bits per heavy atom. The fourth-order valence-electron chi connectivity index (χ4n) is 3.51. The molecule has 1 amide bonds. The second-order valence-electron chi connectivity index (χ2n) is 6.89. The molecule has 0 fully saturated rings. The van der Waals surface area contributed by atoms with Gasteiger partial charge in [-0.25, -0.2) is 4.99 Å². The summed E-state index contributed by atoms with van der Waals surface area (Å²) in [5.41, 5.74) is 2.76. The van der Waals surface area contributed by atoms with E-state index in [9.17, 15) is 13.6 Å². The number of aryl methyl sites for hydroxylation is 1. The second-order valence-corrected chi connectivity index (χ2v) is 7.97. The minimum atomic E-state index is -2.92. The van der Waals surface area contributed by atoms with Gasteiger partial charge in [-0.15, -0.1) is 11.3 Å². The van der Waals surface area contributed by atoms with Crippen LogP contribution < -0.4 is 10.1 Å². The molecule has 0 unspecified atom stereocenters. The molecule has 4 nitrogen and oxygen atoms in total. The summed E-state index contributed by atoms with van der Waals surface area (Å²) >= 11 is 1.49. The number of benzene rings is 2. The molecule has 2 aromatic carbocycles. The van der Waals surface area contributed by atoms with Crippen LogP contribution in [0.1, 0.15) is 39.2 Å². The molecule has 0 bridgehead atoms. The van der Waals surface area contributed by atoms with Gasteiger partial charge in [-0.1, -0.05) is 30.3 Å². The molecule has 0 saturated carbocycles. The Morgan fingerprint density at radius 2 is 1.80 bits per heavy atom. The normalized spacial score (nSPS) is 13.4. The van der Waals surface area contributed by atoms with Gasteiger partial charge in [-0.2, -0.15) is 8.78 Å². The first kappa shape index (κ1) is 20.2. The van der Waals surface area contributed by atoms with Crippen LogP contribution in [-0.2, 0) is 12.8 Å². The van der Waals surface area contributed by atoms with Gasteiger partial charge in [0.1, 0.15) is 10.8 Å². The lowest BCUT2D eigenvalue weighted by molar-refractivity contribution is -0.0499. The number of rotatable bonds is 6. The van der Waals surface area contributed by atoms with E-state index in [0.29, 0.717) is 21.8 Å². The Hall–Kier alpha value is -3.06. The number of nitrogens with zero attached hydrogens (tertiary/aromatic N) is 1. The summed E-state index contributed by atoms with van der Waals surface area (Å²) in [6.07, 6.45) is 5.36. The number of hydrogen-bond donors (Lipinski definition) is 1. The van der Waals surface area contributed by atoms with Crippen LogP contribution in [0.25, 0.3) is 0 Å². The molecule has 1 N–H and O–H groups in total. The van der Waals surface area contributed by atoms with E-state index in [1.807, 2.05) is 30.3 Å². The molecule has 0 spiro atoms. The molecule has 4 rings (SSSR count). The van der Waals surface area contributed by atoms with E-state index in [4.69, 9.17) is 0 Å². The number of amides is 1. The average Bonchev–Trinajstić information content (AvgIpc) is 3.12. The lowest BCUT2D eigenvalue weighted by Crippen LogP contribution is -2.14. The van der Waals surface area contributed by atoms with Crippen molar-refractivity contribution in [3.63, 3.8) is 0 Å². The van der Waals surface area contributed by atoms with E-state index in [-0.39, 0.29) is 11.7 Å². The third-order valence-corrected chi connectivity index (χ3v) is 6.07. The quantitative estimate of drug-likeness (QED) is 0.475. The van der Waals surface area contributed by atoms with E-state index in [1.165, 1.54) is 28.5 Å². The van der Waals surface area contributed by atoms with Crippen molar-refractivity contribution in [2.75, 3.05) is 5.32 Å². The zero-order valence-corrected chi connectivity index (χ0v) is 16.9. The van der Waals surface area contributed by atoms with Crippen LogP contribution in [0.2, 0.25) is 0 Å². The smallest absolute Gasteiger partial charge is 0.387 e. The van der Waals surface area contributed by atoms with Crippen LogP contribution in [0.4, 0.5) is 19.5 Å². The molecule has 0 radical (unpaired) electrons. The summed E-state index contributed by atoms with van der Waals surface area (Å²) in [7, 11) is 0. The lowest BCUT2D eigenvalue weighted by Gasteiger charge is -2.12. The third-order valence-electron chi connectivity index (χ3n) is 4.87. The number of nitrogens with one attached hydrogen (secondary N) is 1. The first-order valence-corrected chi connectivity index (χ1v) is 10.5. The summed E-state index contributed by atoms with van der Waals surface area (Å²) in [6.45, 7) is -2.92. The second kappa shape index (κ2) is 9.17. The van der Waals surface area contributed by atoms with Gasteiger partial charge in [-0.05, 0) is 55.5 Å². The topological polar surface area (TPSA) is 50.7 Å². The van der Waals surface area contributed by atoms with E-state index in [1.54, 1.807) is 18.2 Å². The molecule has 1 aliphatic rings. The maximum absolute atomic E-state index is 13.1. The highest BCUT2D eigenvalue weighted by molar-refractivity contribution is 7.16. The van der Waals surface area contributed by atoms with Gasteiger partial charge in [0.05, 0.1) is 5.56 Å². The molecule has 30 heavy (non-hydrogen) atoms. The van der Waals surface area contributed by atoms with Gasteiger partial charge in [0, 0.05) is 22.3 Å². The molecule has 0 aliphatic heterocycles. The number of alkyl halides is 2. The Bertz CT molecular complexity index is 1060. The maximum Gasteiger partial charge on any atom is 0.387 e. The third kappa shape index (κ3) is 4.57. The molecular formula is C23H20F2N2O2S. The van der Waals surface area contributed by atoms with Crippen molar-refractivity contribution < 1.29 is 18.3 Å². The SMILES string of the molecule is O=C(Nc1ccccc1)c1c(N=Cc2ccccc2OC(F)F)sc2c1CCCC2. The summed E-state index contributed by atoms with van der Waals surface area (Å²) in [5, 5.41) is 3.53. The summed E-state index contributed by atoms with van der Waals surface area (Å²) in [5.74, 6) is -0.155. The predicted molar refractivity (Wildman–Crippen MR) is 116 cm³/mol. The van der Waals surface area contributed by atoms with Crippen molar-refractivity contribution in [3.8, 4) is 5.75 Å². The number of aliphatic imine (C=N–C) groups is 1. The van der Waals surface area contributed by atoms with Crippen molar-refractivity contribution in [3.05, 3.63) is 76.2 Å². The molecule has 1 heterocycles. The first-order valence-electron chi connectivity index (χ1n) is 9.70. The number of para-hydroxylation sites is 2. The standard InChI is InChI=1S/C23H20F2N2O2S/c24-23(25)29-18-12-6-4-8-15(18)14-26-22-20(17-11-5-7-13-19(17)30-22)21(28)27-16-9-2-1-3-10-16/h1-4,6,8-10,12,14,23H,5,7,11,13H2,(H,27,28). The number of ether oxygens (including phenoxy) is 1. The van der Waals surface area contributed by atoms with Gasteiger partial charge in [-0.3, -0.25) is 4.79 Å². The van der Waals surface area contributed by atoms with Crippen LogP contribution >= 0.6 is 11.3 Å². The first-order chi connectivity index (χ1) is 14.6. The zero-order valence-electron chi connectivity index (χ0n) is 16.1. The number of halogens is 2. The van der Waals surface area contributed by atoms with Crippen molar-refractivity contribution in [1.82, 2.24) is 0 Å². The number of fused-ring (bicyclic) bond motifs is 1. The van der Waals surface area contributed by atoms with Gasteiger partial charge in [0.25, 0.3) is 5.91 Å². The molecule has 154 valence electrons. The fourth-order valence-corrected chi connectivity index (χ4v) is 4.74. The number of carbonyl (C=O) groups excluding carboxylic acids is 1. The van der Waals surface area contributed by atoms with Crippen molar-refractivity contribution >= 4 is 34.1 Å². The minimum Gasteiger partial charge on any atom is -0.434 e. The molecule has 1 aromatic heterocycles. The summed E-state index contributed by atoms with van der Waals surface area (Å²) in [6, 6.07) is 15.7. The Labute approximate surface area is 177 Å². The van der Waals surface area contributed by atoms with Crippen molar-refractivity contribution in [1.29, 1.82) is 0 Å². The largest absolute Gasteiger partial charge is 0.434 e. The lowest BCUT2D eigenvalue weighted by atomic mass is 9.95. The van der Waals surface area contributed by atoms with E-state index in [0.717, 1.165) is 31.2 Å². The number of thiophene rings is 1. The predicted octanol–water partition coefficient (Wildman–Crippen LogP) is 6.23. The van der Waals surface area contributed by atoms with Gasteiger partial charge >= 0.3 is 6.61 Å². The van der Waals surface area contributed by atoms with E-state index >= 15 is 0 Å². The number of anilines is 1. The number of carbonyl (C=O) groups is 1. The van der Waals surface area contributed by atoms with E-state index in [2.05, 4.69) is 15.0 Å². The van der Waals surface area contributed by atoms with Crippen LogP contribution in [0.5, 0.6) is 5.75 Å². The maximum atomic E-state index is 13.1. The average molecular weight is 426 g/mol. The molecule has 7 heteroatoms. The highest BCUT2D eigenvalue weighted by Crippen LogP contribution is 2.40. The minimum absolute atomic E-state index is 0.0489. The highest BCUT2D eigenvalue weighted by atomic mass is 32.1. The molecule has 3 aromatic rings. The monoisotopic (exact) mass is 426 g/mol. The molecular weight excluding hydrogens is 406 g/mol. The van der Waals surface area contributed by atoms with Crippen molar-refractivity contribution in [2.24, 2.45) is 4.99 Å². The van der Waals surface area contributed by atoms with Crippen LogP contribution in [-0.4, -0.2) is 18.7 Å². The van der Waals surface area contributed by atoms with Gasteiger partial charge < -0.3 is 10.1 Å². The molecule has 0 atom stereocenters.